The number of hydrogen-bond acceptors (Lipinski definition) is 3. The van der Waals surface area contributed by atoms with Crippen molar-refractivity contribution in [1.29, 1.82) is 0 Å². The lowest BCUT2D eigenvalue weighted by Gasteiger charge is -2.03. The predicted octanol–water partition coefficient (Wildman–Crippen LogP) is 5.59. The standard InChI is InChI=1S/C13H7BrClFN2S/c14-7-4-5-10(9(16)6-7)17-13-18-11-3-1-2-8(15)12(11)19-13/h1-6H,(H,17,18). The molecule has 0 spiro atoms. The summed E-state index contributed by atoms with van der Waals surface area (Å²) in [5, 5.41) is 4.24. The molecule has 19 heavy (non-hydrogen) atoms. The predicted molar refractivity (Wildman–Crippen MR) is 82.0 cm³/mol. The number of nitrogens with zero attached hydrogens (tertiary/aromatic N) is 1. The van der Waals surface area contributed by atoms with Gasteiger partial charge in [-0.1, -0.05) is 44.9 Å². The van der Waals surface area contributed by atoms with Crippen molar-refractivity contribution in [2.75, 3.05) is 5.32 Å². The van der Waals surface area contributed by atoms with Gasteiger partial charge in [0.15, 0.2) is 5.13 Å². The Bertz CT molecular complexity index is 759. The summed E-state index contributed by atoms with van der Waals surface area (Å²) in [7, 11) is 0. The molecule has 3 aromatic rings. The third-order valence-corrected chi connectivity index (χ3v) is 4.48. The Morgan fingerprint density at radius 2 is 2.11 bits per heavy atom. The minimum absolute atomic E-state index is 0.334. The maximum Gasteiger partial charge on any atom is 0.188 e. The third-order valence-electron chi connectivity index (χ3n) is 2.54. The maximum atomic E-state index is 13.7. The van der Waals surface area contributed by atoms with Crippen molar-refractivity contribution in [3.63, 3.8) is 0 Å². The highest BCUT2D eigenvalue weighted by molar-refractivity contribution is 9.10. The quantitative estimate of drug-likeness (QED) is 0.646. The van der Waals surface area contributed by atoms with Crippen molar-refractivity contribution in [2.45, 2.75) is 0 Å². The molecule has 1 aromatic heterocycles. The zero-order valence-electron chi connectivity index (χ0n) is 9.45. The second kappa shape index (κ2) is 5.07. The SMILES string of the molecule is Fc1cc(Br)ccc1Nc1nc2cccc(Cl)c2s1. The second-order valence-corrected chi connectivity index (χ2v) is 6.18. The average Bonchev–Trinajstić information content (AvgIpc) is 2.77. The Morgan fingerprint density at radius 1 is 1.26 bits per heavy atom. The average molecular weight is 358 g/mol. The number of aromatic nitrogens is 1. The topological polar surface area (TPSA) is 24.9 Å². The van der Waals surface area contributed by atoms with E-state index in [2.05, 4.69) is 26.2 Å². The van der Waals surface area contributed by atoms with Crippen LogP contribution < -0.4 is 5.32 Å². The summed E-state index contributed by atoms with van der Waals surface area (Å²) in [4.78, 5) is 4.38. The fourth-order valence-corrected chi connectivity index (χ4v) is 3.18. The van der Waals surface area contributed by atoms with Crippen LogP contribution in [-0.2, 0) is 0 Å². The highest BCUT2D eigenvalue weighted by Crippen LogP contribution is 2.33. The first kappa shape index (κ1) is 12.8. The fourth-order valence-electron chi connectivity index (χ4n) is 1.67. The van der Waals surface area contributed by atoms with Gasteiger partial charge in [-0.2, -0.15) is 0 Å². The van der Waals surface area contributed by atoms with Gasteiger partial charge >= 0.3 is 0 Å². The lowest BCUT2D eigenvalue weighted by atomic mass is 10.3. The van der Waals surface area contributed by atoms with Gasteiger partial charge in [-0.05, 0) is 30.3 Å². The second-order valence-electron chi connectivity index (χ2n) is 3.86. The zero-order valence-corrected chi connectivity index (χ0v) is 12.6. The van der Waals surface area contributed by atoms with Gasteiger partial charge in [-0.25, -0.2) is 9.37 Å². The first-order valence-corrected chi connectivity index (χ1v) is 7.39. The van der Waals surface area contributed by atoms with Gasteiger partial charge < -0.3 is 5.32 Å². The molecule has 1 N–H and O–H groups in total. The molecule has 0 fully saturated rings. The van der Waals surface area contributed by atoms with Crippen molar-refractivity contribution >= 4 is 59.9 Å². The van der Waals surface area contributed by atoms with E-state index in [1.807, 2.05) is 18.2 Å². The number of fused-ring (bicyclic) bond motifs is 1. The molecule has 1 heterocycles. The molecule has 0 unspecified atom stereocenters. The summed E-state index contributed by atoms with van der Waals surface area (Å²) in [6, 6.07) is 10.4. The highest BCUT2D eigenvalue weighted by atomic mass is 79.9. The molecule has 0 saturated carbocycles. The van der Waals surface area contributed by atoms with Gasteiger partial charge in [-0.3, -0.25) is 0 Å². The number of nitrogens with one attached hydrogen (secondary N) is 1. The lowest BCUT2D eigenvalue weighted by Crippen LogP contribution is -1.92. The Labute approximate surface area is 126 Å². The Kier molecular flexibility index (Phi) is 3.43. The number of halogens is 3. The van der Waals surface area contributed by atoms with Crippen molar-refractivity contribution in [3.8, 4) is 0 Å². The molecule has 0 amide bonds. The van der Waals surface area contributed by atoms with Crippen LogP contribution in [0, 0.1) is 5.82 Å². The van der Waals surface area contributed by atoms with Gasteiger partial charge in [0.25, 0.3) is 0 Å². The van der Waals surface area contributed by atoms with E-state index in [0.717, 1.165) is 10.2 Å². The van der Waals surface area contributed by atoms with Crippen molar-refractivity contribution < 1.29 is 4.39 Å². The summed E-state index contributed by atoms with van der Waals surface area (Å²) in [5.41, 5.74) is 1.19. The number of anilines is 2. The summed E-state index contributed by atoms with van der Waals surface area (Å²) >= 11 is 10.7. The Balaban J connectivity index is 1.99. The van der Waals surface area contributed by atoms with Crippen molar-refractivity contribution in [1.82, 2.24) is 4.98 Å². The molecular formula is C13H7BrClFN2S. The molecule has 2 nitrogen and oxygen atoms in total. The number of benzene rings is 2. The summed E-state index contributed by atoms with van der Waals surface area (Å²) < 4.78 is 15.3. The molecule has 2 aromatic carbocycles. The van der Waals surface area contributed by atoms with Gasteiger partial charge in [0.2, 0.25) is 0 Å². The van der Waals surface area contributed by atoms with E-state index in [9.17, 15) is 4.39 Å². The summed E-state index contributed by atoms with van der Waals surface area (Å²) in [6.45, 7) is 0. The maximum absolute atomic E-state index is 13.7. The Morgan fingerprint density at radius 3 is 2.84 bits per heavy atom. The zero-order chi connectivity index (χ0) is 13.4. The van der Waals surface area contributed by atoms with Crippen LogP contribution in [0.4, 0.5) is 15.2 Å². The minimum atomic E-state index is -0.334. The van der Waals surface area contributed by atoms with Crippen LogP contribution in [0.3, 0.4) is 0 Å². The Hall–Kier alpha value is -1.17. The third kappa shape index (κ3) is 2.59. The molecular weight excluding hydrogens is 351 g/mol. The number of thiazole rings is 1. The normalized spacial score (nSPS) is 10.9. The van der Waals surface area contributed by atoms with E-state index >= 15 is 0 Å². The van der Waals surface area contributed by atoms with Gasteiger partial charge in [0.05, 0.1) is 20.9 Å². The summed E-state index contributed by atoms with van der Waals surface area (Å²) in [5.74, 6) is -0.334. The van der Waals surface area contributed by atoms with Crippen LogP contribution in [0.1, 0.15) is 0 Å². The van der Waals surface area contributed by atoms with Crippen LogP contribution in [0.25, 0.3) is 10.2 Å². The molecule has 0 aliphatic heterocycles. The molecule has 0 saturated heterocycles. The van der Waals surface area contributed by atoms with E-state index in [-0.39, 0.29) is 5.82 Å². The van der Waals surface area contributed by atoms with Crippen molar-refractivity contribution in [2.24, 2.45) is 0 Å². The van der Waals surface area contributed by atoms with Crippen LogP contribution in [0.15, 0.2) is 40.9 Å². The van der Waals surface area contributed by atoms with Gasteiger partial charge in [0, 0.05) is 4.47 Å². The van der Waals surface area contributed by atoms with E-state index in [1.54, 1.807) is 12.1 Å². The van der Waals surface area contributed by atoms with Gasteiger partial charge in [0.1, 0.15) is 5.82 Å². The largest absolute Gasteiger partial charge is 0.329 e. The lowest BCUT2D eigenvalue weighted by molar-refractivity contribution is 0.631. The van der Waals surface area contributed by atoms with E-state index in [4.69, 9.17) is 11.6 Å². The molecule has 0 radical (unpaired) electrons. The minimum Gasteiger partial charge on any atom is -0.329 e. The molecule has 0 aliphatic carbocycles. The van der Waals surface area contributed by atoms with E-state index in [0.29, 0.717) is 20.3 Å². The van der Waals surface area contributed by atoms with E-state index in [1.165, 1.54) is 17.4 Å². The molecule has 96 valence electrons. The van der Waals surface area contributed by atoms with Crippen LogP contribution in [-0.4, -0.2) is 4.98 Å². The molecule has 6 heteroatoms. The molecule has 0 aliphatic rings. The first-order chi connectivity index (χ1) is 9.13. The number of hydrogen-bond donors (Lipinski definition) is 1. The number of rotatable bonds is 2. The van der Waals surface area contributed by atoms with E-state index < -0.39 is 0 Å². The monoisotopic (exact) mass is 356 g/mol. The molecule has 3 rings (SSSR count). The van der Waals surface area contributed by atoms with Crippen LogP contribution in [0.5, 0.6) is 0 Å². The van der Waals surface area contributed by atoms with Crippen molar-refractivity contribution in [3.05, 3.63) is 51.7 Å². The van der Waals surface area contributed by atoms with Gasteiger partial charge in [-0.15, -0.1) is 0 Å². The molecule has 0 bridgehead atoms. The van der Waals surface area contributed by atoms with Crippen LogP contribution in [0.2, 0.25) is 5.02 Å². The molecule has 0 atom stereocenters. The first-order valence-electron chi connectivity index (χ1n) is 5.40. The summed E-state index contributed by atoms with van der Waals surface area (Å²) in [6.07, 6.45) is 0. The van der Waals surface area contributed by atoms with Crippen LogP contribution >= 0.6 is 38.9 Å². The highest BCUT2D eigenvalue weighted by Gasteiger charge is 2.09. The smallest absolute Gasteiger partial charge is 0.188 e. The fraction of sp³-hybridized carbons (Fsp3) is 0.